The van der Waals surface area contributed by atoms with Gasteiger partial charge in [-0.2, -0.15) is 0 Å². The summed E-state index contributed by atoms with van der Waals surface area (Å²) in [6, 6.07) is 4.98. The molecule has 0 aliphatic carbocycles. The fourth-order valence-electron chi connectivity index (χ4n) is 1.04. The summed E-state index contributed by atoms with van der Waals surface area (Å²) in [5, 5.41) is 9.03. The predicted octanol–water partition coefficient (Wildman–Crippen LogP) is 3.41. The van der Waals surface area contributed by atoms with Gasteiger partial charge >= 0.3 is 0 Å². The quantitative estimate of drug-likeness (QED) is 0.874. The molecular weight excluding hydrogens is 286 g/mol. The lowest BCUT2D eigenvalue weighted by Gasteiger charge is -2.08. The zero-order valence-corrected chi connectivity index (χ0v) is 11.1. The molecule has 0 unspecified atom stereocenters. The van der Waals surface area contributed by atoms with Crippen molar-refractivity contribution in [2.75, 3.05) is 19.8 Å². The summed E-state index contributed by atoms with van der Waals surface area (Å²) in [7, 11) is 0. The molecule has 0 saturated heterocycles. The topological polar surface area (TPSA) is 38.7 Å². The van der Waals surface area contributed by atoms with E-state index in [4.69, 9.17) is 49.4 Å². The standard InChI is InChI=1S/C11H11Cl3O3/c12-9-7-8(16-5-3-11(13)14)1-2-10(9)17-6-4-15/h1-3,7,15H,4-6H2. The molecule has 0 aromatic heterocycles. The number of rotatable bonds is 6. The second-order valence-electron chi connectivity index (χ2n) is 2.97. The number of ether oxygens (including phenoxy) is 2. The molecule has 17 heavy (non-hydrogen) atoms. The number of halogens is 3. The molecule has 0 aliphatic heterocycles. The van der Waals surface area contributed by atoms with E-state index >= 15 is 0 Å². The molecular formula is C11H11Cl3O3. The smallest absolute Gasteiger partial charge is 0.138 e. The number of hydrogen-bond donors (Lipinski definition) is 1. The molecule has 94 valence electrons. The van der Waals surface area contributed by atoms with Crippen molar-refractivity contribution >= 4 is 34.8 Å². The van der Waals surface area contributed by atoms with Crippen molar-refractivity contribution in [2.24, 2.45) is 0 Å². The first kappa shape index (κ1) is 14.5. The lowest BCUT2D eigenvalue weighted by Crippen LogP contribution is -2.02. The molecule has 1 aromatic rings. The van der Waals surface area contributed by atoms with Gasteiger partial charge in [0.05, 0.1) is 11.6 Å². The van der Waals surface area contributed by atoms with Crippen LogP contribution in [0, 0.1) is 0 Å². The van der Waals surface area contributed by atoms with Crippen molar-refractivity contribution in [3.63, 3.8) is 0 Å². The van der Waals surface area contributed by atoms with Crippen molar-refractivity contribution in [3.8, 4) is 11.5 Å². The molecule has 0 aliphatic rings. The summed E-state index contributed by atoms with van der Waals surface area (Å²) in [6.07, 6.45) is 1.52. The van der Waals surface area contributed by atoms with Crippen LogP contribution in [0.3, 0.4) is 0 Å². The Hall–Kier alpha value is -0.610. The van der Waals surface area contributed by atoms with Gasteiger partial charge in [-0.3, -0.25) is 0 Å². The summed E-state index contributed by atoms with van der Waals surface area (Å²) >= 11 is 16.8. The van der Waals surface area contributed by atoms with Gasteiger partial charge in [-0.05, 0) is 18.2 Å². The maximum Gasteiger partial charge on any atom is 0.138 e. The van der Waals surface area contributed by atoms with Gasteiger partial charge in [-0.25, -0.2) is 0 Å². The third kappa shape index (κ3) is 5.50. The highest BCUT2D eigenvalue weighted by molar-refractivity contribution is 6.55. The molecule has 1 rings (SSSR count). The van der Waals surface area contributed by atoms with Crippen LogP contribution >= 0.6 is 34.8 Å². The van der Waals surface area contributed by atoms with Gasteiger partial charge in [0.25, 0.3) is 0 Å². The SMILES string of the molecule is OCCOc1ccc(OCC=C(Cl)Cl)cc1Cl. The Morgan fingerprint density at radius 2 is 2.06 bits per heavy atom. The summed E-state index contributed by atoms with van der Waals surface area (Å²) in [5.74, 6) is 1.08. The van der Waals surface area contributed by atoms with Gasteiger partial charge in [0.1, 0.15) is 29.2 Å². The van der Waals surface area contributed by atoms with Crippen LogP contribution in [-0.2, 0) is 0 Å². The predicted molar refractivity (Wildman–Crippen MR) is 69.3 cm³/mol. The van der Waals surface area contributed by atoms with E-state index in [-0.39, 0.29) is 24.3 Å². The van der Waals surface area contributed by atoms with Crippen molar-refractivity contribution in [1.29, 1.82) is 0 Å². The van der Waals surface area contributed by atoms with Gasteiger partial charge in [-0.1, -0.05) is 34.8 Å². The molecule has 0 atom stereocenters. The van der Waals surface area contributed by atoms with Gasteiger partial charge < -0.3 is 14.6 Å². The number of aliphatic hydroxyl groups excluding tert-OH is 1. The Morgan fingerprint density at radius 3 is 2.65 bits per heavy atom. The maximum absolute atomic E-state index is 8.62. The first-order valence-electron chi connectivity index (χ1n) is 4.80. The largest absolute Gasteiger partial charge is 0.490 e. The molecule has 1 aromatic carbocycles. The Balaban J connectivity index is 2.59. The second-order valence-corrected chi connectivity index (χ2v) is 4.38. The van der Waals surface area contributed by atoms with Crippen LogP contribution in [-0.4, -0.2) is 24.9 Å². The maximum atomic E-state index is 8.62. The monoisotopic (exact) mass is 296 g/mol. The molecule has 0 saturated carbocycles. The summed E-state index contributed by atoms with van der Waals surface area (Å²) in [5.41, 5.74) is 0. The van der Waals surface area contributed by atoms with Gasteiger partial charge in [0, 0.05) is 6.07 Å². The number of benzene rings is 1. The van der Waals surface area contributed by atoms with E-state index in [1.54, 1.807) is 18.2 Å². The van der Waals surface area contributed by atoms with Crippen LogP contribution in [0.2, 0.25) is 5.02 Å². The lowest BCUT2D eigenvalue weighted by atomic mass is 10.3. The van der Waals surface area contributed by atoms with Crippen LogP contribution in [0.4, 0.5) is 0 Å². The Morgan fingerprint density at radius 1 is 1.29 bits per heavy atom. The normalized spacial score (nSPS) is 9.88. The van der Waals surface area contributed by atoms with E-state index in [1.807, 2.05) is 0 Å². The summed E-state index contributed by atoms with van der Waals surface area (Å²) in [4.78, 5) is 0. The van der Waals surface area contributed by atoms with E-state index < -0.39 is 0 Å². The Kier molecular flexibility index (Phi) is 6.52. The van der Waals surface area contributed by atoms with Crippen molar-refractivity contribution in [3.05, 3.63) is 33.8 Å². The average molecular weight is 298 g/mol. The number of hydrogen-bond acceptors (Lipinski definition) is 3. The van der Waals surface area contributed by atoms with Crippen molar-refractivity contribution in [2.45, 2.75) is 0 Å². The van der Waals surface area contributed by atoms with E-state index in [2.05, 4.69) is 0 Å². The van der Waals surface area contributed by atoms with Crippen LogP contribution < -0.4 is 9.47 Å². The minimum atomic E-state index is -0.0619. The van der Waals surface area contributed by atoms with Crippen LogP contribution in [0.15, 0.2) is 28.8 Å². The molecule has 0 radical (unpaired) electrons. The van der Waals surface area contributed by atoms with E-state index in [0.29, 0.717) is 16.5 Å². The first-order chi connectivity index (χ1) is 8.13. The molecule has 0 amide bonds. The van der Waals surface area contributed by atoms with Gasteiger partial charge in [0.2, 0.25) is 0 Å². The summed E-state index contributed by atoms with van der Waals surface area (Å²) in [6.45, 7) is 0.396. The Bertz CT molecular complexity index is 390. The fraction of sp³-hybridized carbons (Fsp3) is 0.273. The lowest BCUT2D eigenvalue weighted by molar-refractivity contribution is 0.201. The van der Waals surface area contributed by atoms with Crippen LogP contribution in [0.25, 0.3) is 0 Å². The van der Waals surface area contributed by atoms with E-state index in [0.717, 1.165) is 0 Å². The summed E-state index contributed by atoms with van der Waals surface area (Å²) < 4.78 is 10.7. The van der Waals surface area contributed by atoms with Crippen LogP contribution in [0.1, 0.15) is 0 Å². The van der Waals surface area contributed by atoms with Crippen LogP contribution in [0.5, 0.6) is 11.5 Å². The van der Waals surface area contributed by atoms with Crippen molar-refractivity contribution < 1.29 is 14.6 Å². The number of aliphatic hydroxyl groups is 1. The van der Waals surface area contributed by atoms with Gasteiger partial charge in [-0.15, -0.1) is 0 Å². The van der Waals surface area contributed by atoms with Gasteiger partial charge in [0.15, 0.2) is 0 Å². The highest BCUT2D eigenvalue weighted by atomic mass is 35.5. The fourth-order valence-corrected chi connectivity index (χ4v) is 1.40. The minimum Gasteiger partial charge on any atom is -0.490 e. The minimum absolute atomic E-state index is 0.0619. The zero-order valence-electron chi connectivity index (χ0n) is 8.83. The molecule has 6 heteroatoms. The molecule has 0 fully saturated rings. The van der Waals surface area contributed by atoms with E-state index in [9.17, 15) is 0 Å². The van der Waals surface area contributed by atoms with E-state index in [1.165, 1.54) is 6.08 Å². The highest BCUT2D eigenvalue weighted by Crippen LogP contribution is 2.28. The molecule has 0 spiro atoms. The zero-order chi connectivity index (χ0) is 12.7. The second kappa shape index (κ2) is 7.67. The molecule has 3 nitrogen and oxygen atoms in total. The highest BCUT2D eigenvalue weighted by Gasteiger charge is 2.03. The average Bonchev–Trinajstić information content (AvgIpc) is 2.27. The third-order valence-electron chi connectivity index (χ3n) is 1.74. The molecule has 1 N–H and O–H groups in total. The Labute approximate surface area is 114 Å². The third-order valence-corrected chi connectivity index (χ3v) is 2.34. The molecule has 0 heterocycles. The molecule has 0 bridgehead atoms. The first-order valence-corrected chi connectivity index (χ1v) is 5.94. The van der Waals surface area contributed by atoms with Crippen molar-refractivity contribution in [1.82, 2.24) is 0 Å².